The van der Waals surface area contributed by atoms with E-state index in [4.69, 9.17) is 31.5 Å². The van der Waals surface area contributed by atoms with Gasteiger partial charge in [-0.15, -0.1) is 0 Å². The number of hydrogen-bond donors (Lipinski definition) is 2. The highest BCUT2D eigenvalue weighted by Gasteiger charge is 2.25. The zero-order valence-corrected chi connectivity index (χ0v) is 13.7. The molecule has 0 saturated carbocycles. The summed E-state index contributed by atoms with van der Waals surface area (Å²) >= 11 is 6.27. The molecule has 0 aromatic heterocycles. The monoisotopic (exact) mass is 317 g/mol. The fraction of sp³-hybridized carbons (Fsp3) is 0.600. The van der Waals surface area contributed by atoms with Gasteiger partial charge in [0, 0.05) is 12.1 Å². The van der Waals surface area contributed by atoms with Gasteiger partial charge in [0.05, 0.1) is 32.5 Å². The molecule has 5 nitrogen and oxygen atoms in total. The van der Waals surface area contributed by atoms with Crippen molar-refractivity contribution in [2.24, 2.45) is 5.73 Å². The summed E-state index contributed by atoms with van der Waals surface area (Å²) in [6.07, 6.45) is 0.792. The maximum absolute atomic E-state index is 9.83. The second-order valence-corrected chi connectivity index (χ2v) is 5.18. The highest BCUT2D eigenvalue weighted by molar-refractivity contribution is 6.32. The van der Waals surface area contributed by atoms with Gasteiger partial charge in [0.25, 0.3) is 0 Å². The van der Waals surface area contributed by atoms with Crippen LogP contribution >= 0.6 is 11.6 Å². The topological polar surface area (TPSA) is 73.9 Å². The van der Waals surface area contributed by atoms with E-state index < -0.39 is 6.10 Å². The average molecular weight is 318 g/mol. The minimum Gasteiger partial charge on any atom is -0.492 e. The van der Waals surface area contributed by atoms with Crippen LogP contribution in [0.1, 0.15) is 31.2 Å². The third-order valence-electron chi connectivity index (χ3n) is 3.55. The molecule has 0 radical (unpaired) electrons. The Morgan fingerprint density at radius 3 is 2.14 bits per heavy atom. The zero-order chi connectivity index (χ0) is 16.0. The second kappa shape index (κ2) is 8.32. The molecule has 1 rings (SSSR count). The van der Waals surface area contributed by atoms with E-state index in [1.54, 1.807) is 13.2 Å². The molecular weight excluding hydrogens is 294 g/mol. The number of rotatable bonds is 8. The van der Waals surface area contributed by atoms with E-state index in [-0.39, 0.29) is 12.5 Å². The molecule has 0 aliphatic heterocycles. The van der Waals surface area contributed by atoms with Crippen molar-refractivity contribution in [1.82, 2.24) is 0 Å². The number of aliphatic hydroxyl groups is 1. The van der Waals surface area contributed by atoms with Crippen molar-refractivity contribution in [3.8, 4) is 17.2 Å². The van der Waals surface area contributed by atoms with Gasteiger partial charge in [-0.05, 0) is 24.8 Å². The van der Waals surface area contributed by atoms with Crippen LogP contribution in [0, 0.1) is 0 Å². The Hall–Kier alpha value is -1.17. The first-order chi connectivity index (χ1) is 10.0. The van der Waals surface area contributed by atoms with Gasteiger partial charge in [-0.2, -0.15) is 0 Å². The lowest BCUT2D eigenvalue weighted by molar-refractivity contribution is 0.161. The molecular formula is C15H24ClNO4. The molecule has 0 bridgehead atoms. The van der Waals surface area contributed by atoms with E-state index in [1.165, 1.54) is 14.2 Å². The second-order valence-electron chi connectivity index (χ2n) is 4.78. The maximum Gasteiger partial charge on any atom is 0.205 e. The summed E-state index contributed by atoms with van der Waals surface area (Å²) in [5, 5.41) is 10.3. The molecule has 120 valence electrons. The largest absolute Gasteiger partial charge is 0.492 e. The summed E-state index contributed by atoms with van der Waals surface area (Å²) in [5.41, 5.74) is 6.39. The first kappa shape index (κ1) is 17.9. The zero-order valence-electron chi connectivity index (χ0n) is 13.0. The van der Waals surface area contributed by atoms with Crippen LogP contribution in [0.25, 0.3) is 0 Å². The van der Waals surface area contributed by atoms with Crippen molar-refractivity contribution < 1.29 is 19.3 Å². The van der Waals surface area contributed by atoms with Crippen molar-refractivity contribution in [2.75, 3.05) is 27.9 Å². The maximum atomic E-state index is 9.83. The first-order valence-electron chi connectivity index (χ1n) is 6.90. The summed E-state index contributed by atoms with van der Waals surface area (Å²) < 4.78 is 16.1. The molecule has 2 atom stereocenters. The molecule has 0 heterocycles. The number of halogens is 1. The van der Waals surface area contributed by atoms with Crippen LogP contribution in [0.3, 0.4) is 0 Å². The molecule has 0 amide bonds. The van der Waals surface area contributed by atoms with Crippen LogP contribution in [-0.2, 0) is 0 Å². The number of nitrogens with two attached hydrogens (primary N) is 1. The summed E-state index contributed by atoms with van der Waals surface area (Å²) in [6, 6.07) is 1.80. The Balaban J connectivity index is 3.36. The minimum atomic E-state index is -0.563. The van der Waals surface area contributed by atoms with Crippen LogP contribution in [0.4, 0.5) is 0 Å². The van der Waals surface area contributed by atoms with Gasteiger partial charge in [0.2, 0.25) is 5.75 Å². The molecule has 0 aliphatic rings. The predicted molar refractivity (Wildman–Crippen MR) is 83.8 cm³/mol. The van der Waals surface area contributed by atoms with Crippen molar-refractivity contribution in [1.29, 1.82) is 0 Å². The smallest absolute Gasteiger partial charge is 0.205 e. The predicted octanol–water partition coefficient (Wildman–Crippen LogP) is 2.57. The van der Waals surface area contributed by atoms with Gasteiger partial charge in [0.1, 0.15) is 0 Å². The van der Waals surface area contributed by atoms with Crippen LogP contribution in [0.2, 0.25) is 5.02 Å². The molecule has 0 spiro atoms. The van der Waals surface area contributed by atoms with Crippen LogP contribution < -0.4 is 19.9 Å². The van der Waals surface area contributed by atoms with Gasteiger partial charge < -0.3 is 25.1 Å². The Morgan fingerprint density at radius 1 is 1.14 bits per heavy atom. The lowest BCUT2D eigenvalue weighted by atomic mass is 9.89. The Morgan fingerprint density at radius 2 is 1.71 bits per heavy atom. The lowest BCUT2D eigenvalue weighted by Gasteiger charge is -2.23. The van der Waals surface area contributed by atoms with E-state index in [2.05, 4.69) is 0 Å². The van der Waals surface area contributed by atoms with E-state index in [0.29, 0.717) is 28.7 Å². The average Bonchev–Trinajstić information content (AvgIpc) is 2.50. The van der Waals surface area contributed by atoms with Crippen molar-refractivity contribution >= 4 is 11.6 Å². The fourth-order valence-electron chi connectivity index (χ4n) is 2.44. The highest BCUT2D eigenvalue weighted by Crippen LogP contribution is 2.48. The molecule has 0 saturated heterocycles. The molecule has 0 aliphatic carbocycles. The van der Waals surface area contributed by atoms with Gasteiger partial charge in [-0.1, -0.05) is 18.5 Å². The molecule has 6 heteroatoms. The van der Waals surface area contributed by atoms with E-state index >= 15 is 0 Å². The molecule has 21 heavy (non-hydrogen) atoms. The van der Waals surface area contributed by atoms with E-state index in [9.17, 15) is 5.11 Å². The fourth-order valence-corrected chi connectivity index (χ4v) is 2.72. The molecule has 0 fully saturated rings. The normalized spacial score (nSPS) is 13.7. The Kier molecular flexibility index (Phi) is 7.08. The van der Waals surface area contributed by atoms with E-state index in [1.807, 2.05) is 6.92 Å². The number of benzene rings is 1. The highest BCUT2D eigenvalue weighted by atomic mass is 35.5. The standard InChI is InChI=1S/C15H24ClNO4/c1-5-9(6-10(18)8-17)11-7-12(16)14(20-3)15(21-4)13(11)19-2/h7,9-10,18H,5-6,8,17H2,1-4H3. The summed E-state index contributed by atoms with van der Waals surface area (Å²) in [7, 11) is 4.63. The Bertz CT molecular complexity index is 467. The number of methoxy groups -OCH3 is 3. The molecule has 1 aromatic rings. The van der Waals surface area contributed by atoms with Crippen molar-refractivity contribution in [3.05, 3.63) is 16.7 Å². The van der Waals surface area contributed by atoms with Crippen molar-refractivity contribution in [2.45, 2.75) is 31.8 Å². The number of aliphatic hydroxyl groups excluding tert-OH is 1. The van der Waals surface area contributed by atoms with E-state index in [0.717, 1.165) is 12.0 Å². The third kappa shape index (κ3) is 3.93. The third-order valence-corrected chi connectivity index (χ3v) is 3.83. The number of hydrogen-bond acceptors (Lipinski definition) is 5. The summed E-state index contributed by atoms with van der Waals surface area (Å²) in [6.45, 7) is 2.26. The first-order valence-corrected chi connectivity index (χ1v) is 7.28. The molecule has 1 aromatic carbocycles. The quantitative estimate of drug-likeness (QED) is 0.771. The van der Waals surface area contributed by atoms with Crippen LogP contribution in [0.5, 0.6) is 17.2 Å². The molecule has 2 unspecified atom stereocenters. The number of ether oxygens (including phenoxy) is 3. The van der Waals surface area contributed by atoms with Crippen molar-refractivity contribution in [3.63, 3.8) is 0 Å². The van der Waals surface area contributed by atoms with Gasteiger partial charge >= 0.3 is 0 Å². The van der Waals surface area contributed by atoms with Gasteiger partial charge in [-0.25, -0.2) is 0 Å². The minimum absolute atomic E-state index is 0.0656. The lowest BCUT2D eigenvalue weighted by Crippen LogP contribution is -2.22. The molecule has 3 N–H and O–H groups in total. The van der Waals surface area contributed by atoms with Gasteiger partial charge in [-0.3, -0.25) is 0 Å². The van der Waals surface area contributed by atoms with Crippen LogP contribution in [0.15, 0.2) is 6.07 Å². The van der Waals surface area contributed by atoms with Crippen LogP contribution in [-0.4, -0.2) is 39.1 Å². The summed E-state index contributed by atoms with van der Waals surface area (Å²) in [5.74, 6) is 1.54. The Labute approximate surface area is 130 Å². The summed E-state index contributed by atoms with van der Waals surface area (Å²) in [4.78, 5) is 0. The SMILES string of the molecule is CCC(CC(O)CN)c1cc(Cl)c(OC)c(OC)c1OC. The van der Waals surface area contributed by atoms with Gasteiger partial charge in [0.15, 0.2) is 11.5 Å².